The van der Waals surface area contributed by atoms with Crippen LogP contribution in [-0.4, -0.2) is 37.3 Å². The zero-order valence-corrected chi connectivity index (χ0v) is 12.1. The molecule has 2 unspecified atom stereocenters. The van der Waals surface area contributed by atoms with Gasteiger partial charge in [0, 0.05) is 18.2 Å². The molecule has 0 saturated heterocycles. The number of aryl methyl sites for hydroxylation is 1. The Labute approximate surface area is 110 Å². The Morgan fingerprint density at radius 2 is 2.00 bits per heavy atom. The van der Waals surface area contributed by atoms with Crippen LogP contribution in [0, 0.1) is 12.8 Å². The molecule has 0 bridgehead atoms. The van der Waals surface area contributed by atoms with Crippen molar-refractivity contribution in [2.75, 3.05) is 27.3 Å². The Kier molecular flexibility index (Phi) is 5.63. The molecule has 0 fully saturated rings. The summed E-state index contributed by atoms with van der Waals surface area (Å²) < 4.78 is 5.71. The molecule has 0 aromatic heterocycles. The predicted molar refractivity (Wildman–Crippen MR) is 75.0 cm³/mol. The number of rotatable bonds is 6. The van der Waals surface area contributed by atoms with Gasteiger partial charge >= 0.3 is 0 Å². The topological polar surface area (TPSA) is 32.7 Å². The van der Waals surface area contributed by atoms with Crippen LogP contribution in [0.4, 0.5) is 0 Å². The van der Waals surface area contributed by atoms with E-state index in [1.54, 1.807) is 0 Å². The minimum Gasteiger partial charge on any atom is -0.494 e. The molecule has 18 heavy (non-hydrogen) atoms. The first-order valence-electron chi connectivity index (χ1n) is 6.51. The van der Waals surface area contributed by atoms with Crippen LogP contribution in [0.5, 0.6) is 5.75 Å². The fourth-order valence-corrected chi connectivity index (χ4v) is 2.38. The summed E-state index contributed by atoms with van der Waals surface area (Å²) in [6.45, 7) is 6.95. The SMILES string of the molecule is CCOc1ccc(C)cc1C(C(C)CO)N(C)C. The highest BCUT2D eigenvalue weighted by Crippen LogP contribution is 2.34. The largest absolute Gasteiger partial charge is 0.494 e. The lowest BCUT2D eigenvalue weighted by Gasteiger charge is -2.31. The summed E-state index contributed by atoms with van der Waals surface area (Å²) in [5.41, 5.74) is 2.37. The van der Waals surface area contributed by atoms with E-state index in [-0.39, 0.29) is 18.6 Å². The van der Waals surface area contributed by atoms with Crippen molar-refractivity contribution in [3.8, 4) is 5.75 Å². The van der Waals surface area contributed by atoms with Crippen LogP contribution in [-0.2, 0) is 0 Å². The summed E-state index contributed by atoms with van der Waals surface area (Å²) in [4.78, 5) is 2.14. The fraction of sp³-hybridized carbons (Fsp3) is 0.600. The van der Waals surface area contributed by atoms with Crippen molar-refractivity contribution in [2.45, 2.75) is 26.8 Å². The van der Waals surface area contributed by atoms with Crippen molar-refractivity contribution in [3.63, 3.8) is 0 Å². The number of ether oxygens (including phenoxy) is 1. The van der Waals surface area contributed by atoms with Crippen LogP contribution in [0.3, 0.4) is 0 Å². The number of hydrogen-bond donors (Lipinski definition) is 1. The molecule has 0 aliphatic carbocycles. The average molecular weight is 251 g/mol. The van der Waals surface area contributed by atoms with Gasteiger partial charge in [0.15, 0.2) is 0 Å². The second kappa shape index (κ2) is 6.76. The highest BCUT2D eigenvalue weighted by atomic mass is 16.5. The standard InChI is InChI=1S/C15H25NO2/c1-6-18-14-8-7-11(2)9-13(14)15(16(4)5)12(3)10-17/h7-9,12,15,17H,6,10H2,1-5H3. The molecule has 3 heteroatoms. The third kappa shape index (κ3) is 3.47. The van der Waals surface area contributed by atoms with E-state index in [1.165, 1.54) is 5.56 Å². The maximum atomic E-state index is 9.44. The molecule has 0 heterocycles. The lowest BCUT2D eigenvalue weighted by atomic mass is 9.92. The van der Waals surface area contributed by atoms with Gasteiger partial charge in [-0.25, -0.2) is 0 Å². The smallest absolute Gasteiger partial charge is 0.124 e. The van der Waals surface area contributed by atoms with Gasteiger partial charge in [-0.2, -0.15) is 0 Å². The summed E-state index contributed by atoms with van der Waals surface area (Å²) in [7, 11) is 4.07. The molecular formula is C15H25NO2. The molecule has 0 amide bonds. The van der Waals surface area contributed by atoms with Gasteiger partial charge in [0.25, 0.3) is 0 Å². The van der Waals surface area contributed by atoms with Gasteiger partial charge < -0.3 is 14.7 Å². The van der Waals surface area contributed by atoms with Crippen molar-refractivity contribution in [3.05, 3.63) is 29.3 Å². The summed E-state index contributed by atoms with van der Waals surface area (Å²) in [6, 6.07) is 6.40. The first-order chi connectivity index (χ1) is 8.51. The van der Waals surface area contributed by atoms with Crippen LogP contribution >= 0.6 is 0 Å². The molecule has 2 atom stereocenters. The van der Waals surface area contributed by atoms with Crippen LogP contribution in [0.2, 0.25) is 0 Å². The molecule has 0 saturated carbocycles. The highest BCUT2D eigenvalue weighted by Gasteiger charge is 2.24. The van der Waals surface area contributed by atoms with Crippen molar-refractivity contribution in [1.29, 1.82) is 0 Å². The molecule has 0 aliphatic rings. The summed E-state index contributed by atoms with van der Waals surface area (Å²) >= 11 is 0. The van der Waals surface area contributed by atoms with E-state index in [0.29, 0.717) is 6.61 Å². The van der Waals surface area contributed by atoms with Gasteiger partial charge in [-0.3, -0.25) is 0 Å². The van der Waals surface area contributed by atoms with E-state index in [0.717, 1.165) is 11.3 Å². The van der Waals surface area contributed by atoms with Gasteiger partial charge in [-0.1, -0.05) is 24.6 Å². The van der Waals surface area contributed by atoms with Crippen molar-refractivity contribution < 1.29 is 9.84 Å². The third-order valence-electron chi connectivity index (χ3n) is 3.17. The number of aliphatic hydroxyl groups is 1. The van der Waals surface area contributed by atoms with Crippen LogP contribution in [0.1, 0.15) is 31.0 Å². The molecule has 1 rings (SSSR count). The van der Waals surface area contributed by atoms with Gasteiger partial charge in [-0.15, -0.1) is 0 Å². The summed E-state index contributed by atoms with van der Waals surface area (Å²) in [6.07, 6.45) is 0. The van der Waals surface area contributed by atoms with Crippen LogP contribution in [0.25, 0.3) is 0 Å². The molecule has 1 aromatic rings. The molecule has 0 spiro atoms. The Hall–Kier alpha value is -1.06. The Morgan fingerprint density at radius 1 is 1.33 bits per heavy atom. The number of aliphatic hydroxyl groups excluding tert-OH is 1. The lowest BCUT2D eigenvalue weighted by molar-refractivity contribution is 0.142. The molecule has 0 radical (unpaired) electrons. The van der Waals surface area contributed by atoms with Crippen molar-refractivity contribution in [1.82, 2.24) is 4.90 Å². The first kappa shape index (κ1) is 15.0. The van der Waals surface area contributed by atoms with Crippen molar-refractivity contribution in [2.24, 2.45) is 5.92 Å². The molecule has 102 valence electrons. The molecule has 0 aliphatic heterocycles. The molecule has 3 nitrogen and oxygen atoms in total. The Balaban J connectivity index is 3.20. The minimum absolute atomic E-state index is 0.163. The zero-order valence-electron chi connectivity index (χ0n) is 12.1. The zero-order chi connectivity index (χ0) is 13.7. The second-order valence-corrected chi connectivity index (χ2v) is 5.04. The van der Waals surface area contributed by atoms with E-state index in [2.05, 4.69) is 30.9 Å². The number of hydrogen-bond acceptors (Lipinski definition) is 3. The minimum atomic E-state index is 0.163. The molecule has 1 aromatic carbocycles. The second-order valence-electron chi connectivity index (χ2n) is 5.04. The van der Waals surface area contributed by atoms with Gasteiger partial charge in [0.2, 0.25) is 0 Å². The van der Waals surface area contributed by atoms with E-state index in [9.17, 15) is 5.11 Å². The van der Waals surface area contributed by atoms with Crippen LogP contribution in [0.15, 0.2) is 18.2 Å². The normalized spacial score (nSPS) is 14.6. The summed E-state index contributed by atoms with van der Waals surface area (Å²) in [5, 5.41) is 9.44. The van der Waals surface area contributed by atoms with Gasteiger partial charge in [0.05, 0.1) is 6.61 Å². The van der Waals surface area contributed by atoms with E-state index in [1.807, 2.05) is 27.1 Å². The van der Waals surface area contributed by atoms with E-state index >= 15 is 0 Å². The quantitative estimate of drug-likeness (QED) is 0.843. The monoisotopic (exact) mass is 251 g/mol. The molecular weight excluding hydrogens is 226 g/mol. The fourth-order valence-electron chi connectivity index (χ4n) is 2.38. The number of benzene rings is 1. The Morgan fingerprint density at radius 3 is 2.50 bits per heavy atom. The highest BCUT2D eigenvalue weighted by molar-refractivity contribution is 5.39. The van der Waals surface area contributed by atoms with Gasteiger partial charge in [0.1, 0.15) is 5.75 Å². The lowest BCUT2D eigenvalue weighted by Crippen LogP contribution is -2.28. The van der Waals surface area contributed by atoms with E-state index in [4.69, 9.17) is 4.74 Å². The predicted octanol–water partition coefficient (Wildman–Crippen LogP) is 2.62. The van der Waals surface area contributed by atoms with Crippen LogP contribution < -0.4 is 4.74 Å². The third-order valence-corrected chi connectivity index (χ3v) is 3.17. The first-order valence-corrected chi connectivity index (χ1v) is 6.51. The number of nitrogens with zero attached hydrogens (tertiary/aromatic N) is 1. The maximum Gasteiger partial charge on any atom is 0.124 e. The average Bonchev–Trinajstić information content (AvgIpc) is 2.32. The van der Waals surface area contributed by atoms with E-state index < -0.39 is 0 Å². The maximum absolute atomic E-state index is 9.44. The van der Waals surface area contributed by atoms with Gasteiger partial charge in [-0.05, 0) is 39.9 Å². The Bertz CT molecular complexity index is 377. The molecule has 1 N–H and O–H groups in total. The van der Waals surface area contributed by atoms with Crippen molar-refractivity contribution >= 4 is 0 Å². The summed E-state index contributed by atoms with van der Waals surface area (Å²) in [5.74, 6) is 1.09.